The fourth-order valence-corrected chi connectivity index (χ4v) is 3.38. The normalized spacial score (nSPS) is 13.9. The summed E-state index contributed by atoms with van der Waals surface area (Å²) in [6.07, 6.45) is 6.58. The first-order valence-corrected chi connectivity index (χ1v) is 9.62. The number of hydrogen-bond donors (Lipinski definition) is 2. The molecule has 0 unspecified atom stereocenters. The Labute approximate surface area is 168 Å². The number of primary amides is 1. The number of nitrogens with two attached hydrogens (primary N) is 1. The SMILES string of the molecule is NC(=O)c1ccn(-c2ccc(NC(=O)c3ccc(OC4CCCC4)cc3)cc2)n1. The van der Waals surface area contributed by atoms with Crippen molar-refractivity contribution in [3.8, 4) is 11.4 Å². The van der Waals surface area contributed by atoms with Crippen molar-refractivity contribution in [3.63, 3.8) is 0 Å². The van der Waals surface area contributed by atoms with E-state index in [9.17, 15) is 9.59 Å². The number of nitrogens with zero attached hydrogens (tertiary/aromatic N) is 2. The predicted octanol–water partition coefficient (Wildman–Crippen LogP) is 3.54. The van der Waals surface area contributed by atoms with Crippen LogP contribution in [0.2, 0.25) is 0 Å². The number of anilines is 1. The number of amides is 2. The minimum absolute atomic E-state index is 0.194. The van der Waals surface area contributed by atoms with Gasteiger partial charge in [-0.25, -0.2) is 4.68 Å². The highest BCUT2D eigenvalue weighted by molar-refractivity contribution is 6.04. The molecule has 2 aromatic carbocycles. The van der Waals surface area contributed by atoms with Crippen molar-refractivity contribution >= 4 is 17.5 Å². The molecule has 1 saturated carbocycles. The van der Waals surface area contributed by atoms with Gasteiger partial charge in [-0.15, -0.1) is 0 Å². The first-order valence-electron chi connectivity index (χ1n) is 9.62. The molecule has 0 atom stereocenters. The second-order valence-electron chi connectivity index (χ2n) is 7.06. The van der Waals surface area contributed by atoms with Gasteiger partial charge in [0.05, 0.1) is 11.8 Å². The van der Waals surface area contributed by atoms with E-state index in [0.29, 0.717) is 17.4 Å². The zero-order chi connectivity index (χ0) is 20.2. The van der Waals surface area contributed by atoms with Crippen molar-refractivity contribution in [2.45, 2.75) is 31.8 Å². The molecule has 2 amide bonds. The van der Waals surface area contributed by atoms with E-state index in [2.05, 4.69) is 10.4 Å². The molecule has 3 N–H and O–H groups in total. The van der Waals surface area contributed by atoms with Gasteiger partial charge in [0, 0.05) is 17.4 Å². The first kappa shape index (κ1) is 18.7. The maximum Gasteiger partial charge on any atom is 0.269 e. The van der Waals surface area contributed by atoms with E-state index in [1.54, 1.807) is 53.3 Å². The van der Waals surface area contributed by atoms with Gasteiger partial charge in [0.1, 0.15) is 11.4 Å². The molecule has 1 heterocycles. The van der Waals surface area contributed by atoms with Crippen molar-refractivity contribution in [2.75, 3.05) is 5.32 Å². The molecule has 1 fully saturated rings. The Balaban J connectivity index is 1.38. The van der Waals surface area contributed by atoms with E-state index in [0.717, 1.165) is 24.3 Å². The molecular weight excluding hydrogens is 368 g/mol. The molecule has 7 nitrogen and oxygen atoms in total. The Morgan fingerprint density at radius 2 is 1.69 bits per heavy atom. The molecule has 7 heteroatoms. The predicted molar refractivity (Wildman–Crippen MR) is 109 cm³/mol. The summed E-state index contributed by atoms with van der Waals surface area (Å²) in [6, 6.07) is 15.9. The van der Waals surface area contributed by atoms with Crippen LogP contribution in [0.1, 0.15) is 46.5 Å². The van der Waals surface area contributed by atoms with Crippen molar-refractivity contribution in [1.82, 2.24) is 9.78 Å². The van der Waals surface area contributed by atoms with E-state index in [-0.39, 0.29) is 11.6 Å². The van der Waals surface area contributed by atoms with E-state index in [4.69, 9.17) is 10.5 Å². The first-order chi connectivity index (χ1) is 14.1. The van der Waals surface area contributed by atoms with Gasteiger partial charge in [-0.1, -0.05) is 0 Å². The highest BCUT2D eigenvalue weighted by atomic mass is 16.5. The molecule has 3 aromatic rings. The Kier molecular flexibility index (Phi) is 5.29. The second kappa shape index (κ2) is 8.18. The zero-order valence-corrected chi connectivity index (χ0v) is 15.9. The largest absolute Gasteiger partial charge is 0.490 e. The number of nitrogens with one attached hydrogen (secondary N) is 1. The lowest BCUT2D eigenvalue weighted by Crippen LogP contribution is -2.13. The van der Waals surface area contributed by atoms with Crippen LogP contribution in [0.15, 0.2) is 60.8 Å². The summed E-state index contributed by atoms with van der Waals surface area (Å²) < 4.78 is 7.48. The third-order valence-electron chi connectivity index (χ3n) is 4.95. The molecule has 1 aromatic heterocycles. The maximum atomic E-state index is 12.5. The number of aromatic nitrogens is 2. The van der Waals surface area contributed by atoms with Crippen LogP contribution < -0.4 is 15.8 Å². The second-order valence-corrected chi connectivity index (χ2v) is 7.06. The molecule has 1 aliphatic rings. The van der Waals surface area contributed by atoms with Crippen molar-refractivity contribution in [2.24, 2.45) is 5.73 Å². The Morgan fingerprint density at radius 1 is 1.00 bits per heavy atom. The van der Waals surface area contributed by atoms with Gasteiger partial charge in [0.2, 0.25) is 0 Å². The number of carbonyl (C=O) groups excluding carboxylic acids is 2. The van der Waals surface area contributed by atoms with Crippen LogP contribution in [0.4, 0.5) is 5.69 Å². The van der Waals surface area contributed by atoms with Crippen LogP contribution >= 0.6 is 0 Å². The van der Waals surface area contributed by atoms with E-state index < -0.39 is 5.91 Å². The molecule has 0 spiro atoms. The summed E-state index contributed by atoms with van der Waals surface area (Å²) in [4.78, 5) is 23.6. The summed E-state index contributed by atoms with van der Waals surface area (Å²) >= 11 is 0. The average molecular weight is 390 g/mol. The van der Waals surface area contributed by atoms with Gasteiger partial charge in [-0.3, -0.25) is 9.59 Å². The maximum absolute atomic E-state index is 12.5. The minimum Gasteiger partial charge on any atom is -0.490 e. The smallest absolute Gasteiger partial charge is 0.269 e. The number of carbonyl (C=O) groups is 2. The summed E-state index contributed by atoms with van der Waals surface area (Å²) in [5, 5.41) is 6.98. The van der Waals surface area contributed by atoms with Gasteiger partial charge in [0.15, 0.2) is 0 Å². The number of hydrogen-bond acceptors (Lipinski definition) is 4. The Bertz CT molecular complexity index is 1000. The summed E-state index contributed by atoms with van der Waals surface area (Å²) in [7, 11) is 0. The van der Waals surface area contributed by atoms with Gasteiger partial charge in [-0.05, 0) is 80.3 Å². The van der Waals surface area contributed by atoms with Gasteiger partial charge in [0.25, 0.3) is 11.8 Å². The number of benzene rings is 2. The Hall–Kier alpha value is -3.61. The molecule has 4 rings (SSSR count). The average Bonchev–Trinajstić information content (AvgIpc) is 3.41. The third kappa shape index (κ3) is 4.45. The summed E-state index contributed by atoms with van der Waals surface area (Å²) in [5.41, 5.74) is 7.39. The minimum atomic E-state index is -0.577. The van der Waals surface area contributed by atoms with Crippen molar-refractivity contribution < 1.29 is 14.3 Å². The fraction of sp³-hybridized carbons (Fsp3) is 0.227. The Morgan fingerprint density at radius 3 is 2.31 bits per heavy atom. The van der Waals surface area contributed by atoms with Crippen molar-refractivity contribution in [3.05, 3.63) is 72.1 Å². The van der Waals surface area contributed by atoms with Crippen LogP contribution in [0.3, 0.4) is 0 Å². The highest BCUT2D eigenvalue weighted by Crippen LogP contribution is 2.24. The van der Waals surface area contributed by atoms with Crippen LogP contribution in [0, 0.1) is 0 Å². The quantitative estimate of drug-likeness (QED) is 0.672. The molecule has 29 heavy (non-hydrogen) atoms. The standard InChI is InChI=1S/C22H22N4O3/c23-21(27)20-13-14-26(25-20)17-9-7-16(8-10-17)24-22(28)15-5-11-19(12-6-15)29-18-3-1-2-4-18/h5-14,18H,1-4H2,(H2,23,27)(H,24,28). The van der Waals surface area contributed by atoms with E-state index >= 15 is 0 Å². The van der Waals surface area contributed by atoms with Gasteiger partial charge in [-0.2, -0.15) is 5.10 Å². The monoisotopic (exact) mass is 390 g/mol. The lowest BCUT2D eigenvalue weighted by atomic mass is 10.2. The zero-order valence-electron chi connectivity index (χ0n) is 15.9. The summed E-state index contributed by atoms with van der Waals surface area (Å²) in [6.45, 7) is 0. The molecule has 1 aliphatic carbocycles. The number of rotatable bonds is 6. The fourth-order valence-electron chi connectivity index (χ4n) is 3.38. The summed E-state index contributed by atoms with van der Waals surface area (Å²) in [5.74, 6) is 0.0277. The van der Waals surface area contributed by atoms with Crippen molar-refractivity contribution in [1.29, 1.82) is 0 Å². The lowest BCUT2D eigenvalue weighted by Gasteiger charge is -2.13. The van der Waals surface area contributed by atoms with Crippen LogP contribution in [0.25, 0.3) is 5.69 Å². The van der Waals surface area contributed by atoms with E-state index in [1.807, 2.05) is 12.1 Å². The molecule has 0 saturated heterocycles. The number of ether oxygens (including phenoxy) is 1. The molecule has 148 valence electrons. The van der Waals surface area contributed by atoms with Crippen LogP contribution in [0.5, 0.6) is 5.75 Å². The topological polar surface area (TPSA) is 99.2 Å². The van der Waals surface area contributed by atoms with Crippen LogP contribution in [-0.4, -0.2) is 27.7 Å². The molecule has 0 aliphatic heterocycles. The van der Waals surface area contributed by atoms with Gasteiger partial charge < -0.3 is 15.8 Å². The molecule has 0 bridgehead atoms. The van der Waals surface area contributed by atoms with Crippen LogP contribution in [-0.2, 0) is 0 Å². The molecular formula is C22H22N4O3. The van der Waals surface area contributed by atoms with E-state index in [1.165, 1.54) is 12.8 Å². The third-order valence-corrected chi connectivity index (χ3v) is 4.95. The highest BCUT2D eigenvalue weighted by Gasteiger charge is 2.16. The lowest BCUT2D eigenvalue weighted by molar-refractivity contribution is 0.0993. The molecule has 0 radical (unpaired) electrons. The van der Waals surface area contributed by atoms with Gasteiger partial charge >= 0.3 is 0 Å².